The van der Waals surface area contributed by atoms with Gasteiger partial charge in [0.2, 0.25) is 5.91 Å². The van der Waals surface area contributed by atoms with E-state index < -0.39 is 0 Å². The molecule has 1 amide bonds. The molecule has 0 aromatic carbocycles. The summed E-state index contributed by atoms with van der Waals surface area (Å²) in [5.74, 6) is 0.481. The number of carbonyl (C=O) groups excluding carboxylic acids is 1. The van der Waals surface area contributed by atoms with E-state index in [2.05, 4.69) is 18.3 Å². The standard InChI is InChI=1S/C15H26N2O/c1-2-3-4-5-6-7-8-9-15(18)17-14(12-16)13-10-11-13/h13-14H,2-11H2,1H3,(H,17,18). The summed E-state index contributed by atoms with van der Waals surface area (Å²) in [5, 5.41) is 11.8. The van der Waals surface area contributed by atoms with Gasteiger partial charge < -0.3 is 5.32 Å². The van der Waals surface area contributed by atoms with E-state index in [0.717, 1.165) is 25.7 Å². The summed E-state index contributed by atoms with van der Waals surface area (Å²) >= 11 is 0. The average Bonchev–Trinajstić information content (AvgIpc) is 3.19. The molecule has 0 spiro atoms. The predicted octanol–water partition coefficient (Wildman–Crippen LogP) is 3.55. The van der Waals surface area contributed by atoms with Crippen molar-refractivity contribution in [2.45, 2.75) is 77.2 Å². The van der Waals surface area contributed by atoms with Gasteiger partial charge in [-0.25, -0.2) is 0 Å². The maximum atomic E-state index is 11.6. The molecule has 3 nitrogen and oxygen atoms in total. The zero-order chi connectivity index (χ0) is 13.2. The molecular formula is C15H26N2O. The van der Waals surface area contributed by atoms with E-state index in [4.69, 9.17) is 5.26 Å². The molecule has 1 rings (SSSR count). The lowest BCUT2D eigenvalue weighted by Gasteiger charge is -2.10. The van der Waals surface area contributed by atoms with Gasteiger partial charge in [-0.15, -0.1) is 0 Å². The maximum absolute atomic E-state index is 11.6. The zero-order valence-corrected chi connectivity index (χ0v) is 11.6. The summed E-state index contributed by atoms with van der Waals surface area (Å²) in [4.78, 5) is 11.6. The number of hydrogen-bond acceptors (Lipinski definition) is 2. The fourth-order valence-corrected chi connectivity index (χ4v) is 2.17. The van der Waals surface area contributed by atoms with Gasteiger partial charge in [0, 0.05) is 6.42 Å². The van der Waals surface area contributed by atoms with Crippen LogP contribution in [0.1, 0.15) is 71.1 Å². The Morgan fingerprint density at radius 1 is 1.22 bits per heavy atom. The van der Waals surface area contributed by atoms with Crippen molar-refractivity contribution in [2.75, 3.05) is 0 Å². The highest BCUT2D eigenvalue weighted by molar-refractivity contribution is 5.76. The topological polar surface area (TPSA) is 52.9 Å². The molecule has 0 saturated heterocycles. The molecule has 1 atom stereocenters. The van der Waals surface area contributed by atoms with Crippen molar-refractivity contribution in [3.05, 3.63) is 0 Å². The van der Waals surface area contributed by atoms with Crippen molar-refractivity contribution in [1.29, 1.82) is 5.26 Å². The molecule has 18 heavy (non-hydrogen) atoms. The summed E-state index contributed by atoms with van der Waals surface area (Å²) in [6, 6.07) is 1.95. The lowest BCUT2D eigenvalue weighted by molar-refractivity contribution is -0.121. The SMILES string of the molecule is CCCCCCCCCC(=O)NC(C#N)C1CC1. The zero-order valence-electron chi connectivity index (χ0n) is 11.6. The van der Waals surface area contributed by atoms with E-state index in [1.807, 2.05) is 0 Å². The number of nitrogens with one attached hydrogen (secondary N) is 1. The summed E-state index contributed by atoms with van der Waals surface area (Å²) in [7, 11) is 0. The Labute approximate surface area is 111 Å². The molecule has 0 heterocycles. The van der Waals surface area contributed by atoms with Crippen molar-refractivity contribution >= 4 is 5.91 Å². The molecule has 0 radical (unpaired) electrons. The van der Waals surface area contributed by atoms with Crippen molar-refractivity contribution in [3.63, 3.8) is 0 Å². The lowest BCUT2D eigenvalue weighted by atomic mass is 10.1. The maximum Gasteiger partial charge on any atom is 0.221 e. The second kappa shape index (κ2) is 8.97. The molecule has 0 bridgehead atoms. The third kappa shape index (κ3) is 6.64. The van der Waals surface area contributed by atoms with E-state index in [1.165, 1.54) is 32.1 Å². The predicted molar refractivity (Wildman–Crippen MR) is 72.9 cm³/mol. The fourth-order valence-electron chi connectivity index (χ4n) is 2.17. The van der Waals surface area contributed by atoms with Crippen molar-refractivity contribution in [3.8, 4) is 6.07 Å². The minimum atomic E-state index is -0.234. The number of nitriles is 1. The van der Waals surface area contributed by atoms with Crippen LogP contribution >= 0.6 is 0 Å². The van der Waals surface area contributed by atoms with Gasteiger partial charge in [-0.2, -0.15) is 5.26 Å². The van der Waals surface area contributed by atoms with Gasteiger partial charge in [-0.05, 0) is 25.2 Å². The van der Waals surface area contributed by atoms with Crippen molar-refractivity contribution in [1.82, 2.24) is 5.32 Å². The molecule has 102 valence electrons. The minimum absolute atomic E-state index is 0.0574. The summed E-state index contributed by atoms with van der Waals surface area (Å²) in [6.07, 6.45) is 11.3. The largest absolute Gasteiger partial charge is 0.340 e. The third-order valence-electron chi connectivity index (χ3n) is 3.56. The van der Waals surface area contributed by atoms with Crippen LogP contribution in [0.4, 0.5) is 0 Å². The van der Waals surface area contributed by atoms with Crippen molar-refractivity contribution < 1.29 is 4.79 Å². The second-order valence-electron chi connectivity index (χ2n) is 5.38. The Balaban J connectivity index is 1.95. The summed E-state index contributed by atoms with van der Waals surface area (Å²) in [6.45, 7) is 2.22. The first-order valence-corrected chi connectivity index (χ1v) is 7.47. The van der Waals surface area contributed by atoms with Crippen LogP contribution < -0.4 is 5.32 Å². The van der Waals surface area contributed by atoms with Gasteiger partial charge in [0.25, 0.3) is 0 Å². The number of amides is 1. The molecule has 1 aliphatic carbocycles. The summed E-state index contributed by atoms with van der Waals surface area (Å²) < 4.78 is 0. The Morgan fingerprint density at radius 3 is 2.39 bits per heavy atom. The molecule has 0 aliphatic heterocycles. The first kappa shape index (κ1) is 15.0. The normalized spacial score (nSPS) is 16.0. The molecule has 1 unspecified atom stereocenters. The van der Waals surface area contributed by atoms with E-state index in [-0.39, 0.29) is 11.9 Å². The van der Waals surface area contributed by atoms with Crippen LogP contribution in [-0.2, 0) is 4.79 Å². The third-order valence-corrected chi connectivity index (χ3v) is 3.56. The van der Waals surface area contributed by atoms with E-state index >= 15 is 0 Å². The molecule has 0 aromatic heterocycles. The molecular weight excluding hydrogens is 224 g/mol. The Kier molecular flexibility index (Phi) is 7.48. The highest BCUT2D eigenvalue weighted by atomic mass is 16.1. The molecule has 1 N–H and O–H groups in total. The monoisotopic (exact) mass is 250 g/mol. The van der Waals surface area contributed by atoms with Crippen LogP contribution in [0.3, 0.4) is 0 Å². The molecule has 1 aliphatic rings. The van der Waals surface area contributed by atoms with Gasteiger partial charge >= 0.3 is 0 Å². The number of rotatable bonds is 10. The molecule has 1 fully saturated rings. The van der Waals surface area contributed by atoms with Crippen LogP contribution in [0.25, 0.3) is 0 Å². The van der Waals surface area contributed by atoms with Gasteiger partial charge in [0.05, 0.1) is 6.07 Å². The second-order valence-corrected chi connectivity index (χ2v) is 5.38. The fraction of sp³-hybridized carbons (Fsp3) is 0.867. The van der Waals surface area contributed by atoms with Gasteiger partial charge in [-0.3, -0.25) is 4.79 Å². The quantitative estimate of drug-likeness (QED) is 0.603. The smallest absolute Gasteiger partial charge is 0.221 e. The first-order chi connectivity index (χ1) is 8.77. The Hall–Kier alpha value is -1.04. The van der Waals surface area contributed by atoms with Crippen LogP contribution in [0, 0.1) is 17.2 Å². The van der Waals surface area contributed by atoms with Crippen molar-refractivity contribution in [2.24, 2.45) is 5.92 Å². The Morgan fingerprint density at radius 2 is 1.83 bits per heavy atom. The minimum Gasteiger partial charge on any atom is -0.340 e. The molecule has 3 heteroatoms. The Bertz CT molecular complexity index is 279. The highest BCUT2D eigenvalue weighted by Crippen LogP contribution is 2.32. The van der Waals surface area contributed by atoms with Gasteiger partial charge in [-0.1, -0.05) is 45.4 Å². The van der Waals surface area contributed by atoms with Gasteiger partial charge in [0.15, 0.2) is 0 Å². The molecule has 0 aromatic rings. The number of carbonyl (C=O) groups is 1. The number of unbranched alkanes of at least 4 members (excludes halogenated alkanes) is 6. The average molecular weight is 250 g/mol. The molecule has 1 saturated carbocycles. The first-order valence-electron chi connectivity index (χ1n) is 7.47. The van der Waals surface area contributed by atoms with E-state index in [0.29, 0.717) is 12.3 Å². The summed E-state index contributed by atoms with van der Waals surface area (Å²) in [5.41, 5.74) is 0. The van der Waals surface area contributed by atoms with Crippen LogP contribution in [0.15, 0.2) is 0 Å². The lowest BCUT2D eigenvalue weighted by Crippen LogP contribution is -2.35. The van der Waals surface area contributed by atoms with E-state index in [1.54, 1.807) is 0 Å². The van der Waals surface area contributed by atoms with Crippen LogP contribution in [0.2, 0.25) is 0 Å². The van der Waals surface area contributed by atoms with E-state index in [9.17, 15) is 4.79 Å². The highest BCUT2D eigenvalue weighted by Gasteiger charge is 2.32. The number of nitrogens with zero attached hydrogens (tertiary/aromatic N) is 1. The van der Waals surface area contributed by atoms with Crippen LogP contribution in [0.5, 0.6) is 0 Å². The number of hydrogen-bond donors (Lipinski definition) is 1. The van der Waals surface area contributed by atoms with Crippen LogP contribution in [-0.4, -0.2) is 11.9 Å². The van der Waals surface area contributed by atoms with Gasteiger partial charge in [0.1, 0.15) is 6.04 Å².